The number of hydrogen-bond donors (Lipinski definition) is 2. The molecule has 5 nitrogen and oxygen atoms in total. The van der Waals surface area contributed by atoms with Crippen molar-refractivity contribution in [3.05, 3.63) is 29.8 Å². The van der Waals surface area contributed by atoms with Crippen LogP contribution in [0.3, 0.4) is 0 Å². The van der Waals surface area contributed by atoms with Crippen molar-refractivity contribution in [3.8, 4) is 0 Å². The number of aliphatic carboxylic acids is 1. The van der Waals surface area contributed by atoms with Crippen molar-refractivity contribution in [1.29, 1.82) is 0 Å². The van der Waals surface area contributed by atoms with E-state index in [0.717, 1.165) is 6.07 Å². The minimum atomic E-state index is -4.45. The second kappa shape index (κ2) is 6.27. The first kappa shape index (κ1) is 16.5. The molecule has 1 aromatic carbocycles. The van der Waals surface area contributed by atoms with E-state index in [0.29, 0.717) is 12.1 Å². The normalized spacial score (nSPS) is 13.4. The molecule has 0 aromatic heterocycles. The maximum atomic E-state index is 13.4. The van der Waals surface area contributed by atoms with Crippen LogP contribution in [0.25, 0.3) is 0 Å². The summed E-state index contributed by atoms with van der Waals surface area (Å²) in [5.74, 6) is -3.54. The highest BCUT2D eigenvalue weighted by Gasteiger charge is 2.28. The third-order valence-electron chi connectivity index (χ3n) is 2.49. The molecule has 0 aliphatic heterocycles. The molecule has 112 valence electrons. The Hall–Kier alpha value is -1.54. The van der Waals surface area contributed by atoms with Crippen LogP contribution < -0.4 is 4.72 Å². The van der Waals surface area contributed by atoms with Gasteiger partial charge < -0.3 is 5.11 Å². The van der Waals surface area contributed by atoms with Crippen LogP contribution in [-0.2, 0) is 14.8 Å². The summed E-state index contributed by atoms with van der Waals surface area (Å²) in [5.41, 5.74) is 0. The van der Waals surface area contributed by atoms with E-state index in [4.69, 9.17) is 5.11 Å². The summed E-state index contributed by atoms with van der Waals surface area (Å²) in [7, 11) is -4.45. The van der Waals surface area contributed by atoms with Gasteiger partial charge in [0.15, 0.2) is 0 Å². The van der Waals surface area contributed by atoms with E-state index in [-0.39, 0.29) is 12.3 Å². The van der Waals surface area contributed by atoms with Crippen molar-refractivity contribution in [2.45, 2.75) is 31.2 Å². The van der Waals surface area contributed by atoms with Gasteiger partial charge in [0.05, 0.1) is 0 Å². The van der Waals surface area contributed by atoms with Crippen molar-refractivity contribution < 1.29 is 27.1 Å². The third kappa shape index (κ3) is 4.24. The molecule has 1 rings (SSSR count). The first-order valence-corrected chi connectivity index (χ1v) is 7.32. The Morgan fingerprint density at radius 3 is 2.45 bits per heavy atom. The van der Waals surface area contributed by atoms with Crippen LogP contribution in [0.1, 0.15) is 20.3 Å². The number of benzene rings is 1. The number of nitrogens with one attached hydrogen (secondary N) is 1. The number of carbonyl (C=O) groups is 1. The van der Waals surface area contributed by atoms with Gasteiger partial charge in [0.1, 0.15) is 22.6 Å². The van der Waals surface area contributed by atoms with E-state index in [1.807, 2.05) is 4.72 Å². The minimum absolute atomic E-state index is 0.0332. The van der Waals surface area contributed by atoms with Crippen LogP contribution in [0, 0.1) is 17.6 Å². The largest absolute Gasteiger partial charge is 0.480 e. The lowest BCUT2D eigenvalue weighted by atomic mass is 10.1. The van der Waals surface area contributed by atoms with Crippen molar-refractivity contribution in [3.63, 3.8) is 0 Å². The lowest BCUT2D eigenvalue weighted by Gasteiger charge is -2.16. The molecule has 1 aromatic rings. The summed E-state index contributed by atoms with van der Waals surface area (Å²) in [6, 6.07) is 0.549. The lowest BCUT2D eigenvalue weighted by molar-refractivity contribution is -0.139. The zero-order valence-corrected chi connectivity index (χ0v) is 11.7. The van der Waals surface area contributed by atoms with E-state index < -0.39 is 38.6 Å². The molecule has 0 fully saturated rings. The highest BCUT2D eigenvalue weighted by atomic mass is 32.2. The van der Waals surface area contributed by atoms with Crippen LogP contribution >= 0.6 is 0 Å². The Morgan fingerprint density at radius 1 is 1.35 bits per heavy atom. The van der Waals surface area contributed by atoms with Gasteiger partial charge in [-0.15, -0.1) is 0 Å². The monoisotopic (exact) mass is 307 g/mol. The van der Waals surface area contributed by atoms with E-state index in [9.17, 15) is 22.0 Å². The molecule has 1 unspecified atom stereocenters. The fraction of sp³-hybridized carbons (Fsp3) is 0.417. The highest BCUT2D eigenvalue weighted by molar-refractivity contribution is 7.89. The summed E-state index contributed by atoms with van der Waals surface area (Å²) in [5, 5.41) is 8.96. The van der Waals surface area contributed by atoms with Crippen LogP contribution in [0.5, 0.6) is 0 Å². The van der Waals surface area contributed by atoms with Gasteiger partial charge in [-0.1, -0.05) is 13.8 Å². The number of carboxylic acids is 1. The number of rotatable bonds is 6. The smallest absolute Gasteiger partial charge is 0.321 e. The Labute approximate surface area is 115 Å². The number of carboxylic acid groups (broad SMARTS) is 1. The summed E-state index contributed by atoms with van der Waals surface area (Å²) < 4.78 is 52.2. The molecule has 2 N–H and O–H groups in total. The second-order valence-electron chi connectivity index (χ2n) is 4.72. The topological polar surface area (TPSA) is 83.5 Å². The quantitative estimate of drug-likeness (QED) is 0.838. The molecule has 0 aliphatic carbocycles. The van der Waals surface area contributed by atoms with Gasteiger partial charge in [0.2, 0.25) is 10.0 Å². The van der Waals surface area contributed by atoms with Gasteiger partial charge in [0.25, 0.3) is 0 Å². The molecule has 1 atom stereocenters. The SMILES string of the molecule is CC(C)CC(NS(=O)(=O)c1cc(F)ccc1F)C(=O)O. The first-order valence-electron chi connectivity index (χ1n) is 5.83. The highest BCUT2D eigenvalue weighted by Crippen LogP contribution is 2.17. The Balaban J connectivity index is 3.09. The van der Waals surface area contributed by atoms with Gasteiger partial charge in [-0.2, -0.15) is 4.72 Å². The molecule has 0 bridgehead atoms. The molecule has 0 heterocycles. The van der Waals surface area contributed by atoms with E-state index in [1.165, 1.54) is 0 Å². The minimum Gasteiger partial charge on any atom is -0.480 e. The van der Waals surface area contributed by atoms with Gasteiger partial charge in [0, 0.05) is 0 Å². The molecule has 0 saturated carbocycles. The van der Waals surface area contributed by atoms with Crippen molar-refractivity contribution in [1.82, 2.24) is 4.72 Å². The summed E-state index contributed by atoms with van der Waals surface area (Å²) in [6.45, 7) is 3.43. The third-order valence-corrected chi connectivity index (χ3v) is 3.97. The standard InChI is InChI=1S/C12H15F2NO4S/c1-7(2)5-10(12(16)17)15-20(18,19)11-6-8(13)3-4-9(11)14/h3-4,6-7,10,15H,5H2,1-2H3,(H,16,17). The lowest BCUT2D eigenvalue weighted by Crippen LogP contribution is -2.41. The Morgan fingerprint density at radius 2 is 1.95 bits per heavy atom. The number of sulfonamides is 1. The zero-order chi connectivity index (χ0) is 15.5. The molecule has 0 radical (unpaired) electrons. The van der Waals surface area contributed by atoms with Crippen LogP contribution in [0.2, 0.25) is 0 Å². The maximum absolute atomic E-state index is 13.4. The molecule has 20 heavy (non-hydrogen) atoms. The molecular formula is C12H15F2NO4S. The molecule has 8 heteroatoms. The number of halogens is 2. The van der Waals surface area contributed by atoms with Crippen molar-refractivity contribution >= 4 is 16.0 Å². The van der Waals surface area contributed by atoms with Crippen molar-refractivity contribution in [2.75, 3.05) is 0 Å². The van der Waals surface area contributed by atoms with Crippen molar-refractivity contribution in [2.24, 2.45) is 5.92 Å². The van der Waals surface area contributed by atoms with Gasteiger partial charge in [-0.25, -0.2) is 17.2 Å². The molecule has 0 spiro atoms. The Kier molecular flexibility index (Phi) is 5.18. The summed E-state index contributed by atoms with van der Waals surface area (Å²) >= 11 is 0. The molecule has 0 amide bonds. The summed E-state index contributed by atoms with van der Waals surface area (Å²) in [6.07, 6.45) is 0.0332. The van der Waals surface area contributed by atoms with Crippen LogP contribution in [0.4, 0.5) is 8.78 Å². The summed E-state index contributed by atoms with van der Waals surface area (Å²) in [4.78, 5) is 10.1. The zero-order valence-electron chi connectivity index (χ0n) is 10.9. The molecule has 0 aliphatic rings. The van der Waals surface area contributed by atoms with Crippen LogP contribution in [-0.4, -0.2) is 25.5 Å². The van der Waals surface area contributed by atoms with E-state index in [1.54, 1.807) is 13.8 Å². The van der Waals surface area contributed by atoms with Gasteiger partial charge in [-0.3, -0.25) is 4.79 Å². The molecule has 0 saturated heterocycles. The second-order valence-corrected chi connectivity index (χ2v) is 6.40. The first-order chi connectivity index (χ1) is 9.13. The average Bonchev–Trinajstić information content (AvgIpc) is 2.30. The fourth-order valence-electron chi connectivity index (χ4n) is 1.60. The predicted octanol–water partition coefficient (Wildman–Crippen LogP) is 1.74. The van der Waals surface area contributed by atoms with Gasteiger partial charge in [-0.05, 0) is 30.5 Å². The van der Waals surface area contributed by atoms with E-state index >= 15 is 0 Å². The number of hydrogen-bond acceptors (Lipinski definition) is 3. The predicted molar refractivity (Wildman–Crippen MR) is 67.6 cm³/mol. The maximum Gasteiger partial charge on any atom is 0.321 e. The fourth-order valence-corrected chi connectivity index (χ4v) is 2.90. The average molecular weight is 307 g/mol. The van der Waals surface area contributed by atoms with E-state index in [2.05, 4.69) is 0 Å². The van der Waals surface area contributed by atoms with Gasteiger partial charge >= 0.3 is 5.97 Å². The molecular weight excluding hydrogens is 292 g/mol. The Bertz CT molecular complexity index is 601. The van der Waals surface area contributed by atoms with Crippen LogP contribution in [0.15, 0.2) is 23.1 Å².